The second-order valence-electron chi connectivity index (χ2n) is 3.34. The van der Waals surface area contributed by atoms with Gasteiger partial charge in [0, 0.05) is 16.1 Å². The van der Waals surface area contributed by atoms with Gasteiger partial charge in [-0.2, -0.15) is 0 Å². The van der Waals surface area contributed by atoms with Crippen molar-refractivity contribution in [3.63, 3.8) is 0 Å². The monoisotopic (exact) mass is 271 g/mol. The molecule has 1 nitrogen and oxygen atoms in total. The van der Waals surface area contributed by atoms with Gasteiger partial charge in [-0.15, -0.1) is 6.58 Å². The molecule has 1 atom stereocenters. The zero-order valence-electron chi connectivity index (χ0n) is 8.76. The first-order chi connectivity index (χ1) is 7.20. The highest BCUT2D eigenvalue weighted by atomic mass is 79.9. The molecule has 0 aliphatic heterocycles. The van der Waals surface area contributed by atoms with Crippen LogP contribution in [-0.2, 0) is 0 Å². The fourth-order valence-electron chi connectivity index (χ4n) is 1.56. The predicted octanol–water partition coefficient (Wildman–Crippen LogP) is 3.81. The Balaban J connectivity index is 2.95. The molecule has 0 saturated carbocycles. The molecular weight excluding hydrogens is 257 g/mol. The maximum absolute atomic E-state index is 13.6. The Morgan fingerprint density at radius 3 is 2.87 bits per heavy atom. The molecule has 0 aliphatic carbocycles. The van der Waals surface area contributed by atoms with Crippen molar-refractivity contribution in [1.29, 1.82) is 0 Å². The lowest BCUT2D eigenvalue weighted by Crippen LogP contribution is -2.18. The number of hydrogen-bond acceptors (Lipinski definition) is 1. The van der Waals surface area contributed by atoms with Crippen molar-refractivity contribution < 1.29 is 4.39 Å². The highest BCUT2D eigenvalue weighted by molar-refractivity contribution is 9.10. The van der Waals surface area contributed by atoms with Crippen LogP contribution >= 0.6 is 15.9 Å². The van der Waals surface area contributed by atoms with Crippen LogP contribution in [0.2, 0.25) is 0 Å². The first-order valence-electron chi connectivity index (χ1n) is 4.92. The molecular formula is C12H15BrFN. The lowest BCUT2D eigenvalue weighted by Gasteiger charge is -2.18. The van der Waals surface area contributed by atoms with E-state index in [2.05, 4.69) is 27.8 Å². The van der Waals surface area contributed by atoms with Crippen molar-refractivity contribution in [3.05, 3.63) is 46.7 Å². The van der Waals surface area contributed by atoms with Gasteiger partial charge in [0.1, 0.15) is 5.82 Å². The summed E-state index contributed by atoms with van der Waals surface area (Å²) in [6.07, 6.45) is 3.56. The van der Waals surface area contributed by atoms with Gasteiger partial charge in [-0.3, -0.25) is 0 Å². The number of hydrogen-bond donors (Lipinski definition) is 1. The Morgan fingerprint density at radius 1 is 1.60 bits per heavy atom. The third-order valence-corrected chi connectivity index (χ3v) is 3.05. The molecule has 3 heteroatoms. The molecule has 0 radical (unpaired) electrons. The normalized spacial score (nSPS) is 12.5. The van der Waals surface area contributed by atoms with Crippen molar-refractivity contribution in [1.82, 2.24) is 5.32 Å². The smallest absolute Gasteiger partial charge is 0.129 e. The van der Waals surface area contributed by atoms with Crippen LogP contribution < -0.4 is 5.32 Å². The third kappa shape index (κ3) is 3.14. The van der Waals surface area contributed by atoms with Gasteiger partial charge in [0.25, 0.3) is 0 Å². The summed E-state index contributed by atoms with van der Waals surface area (Å²) in [5, 5.41) is 3.12. The van der Waals surface area contributed by atoms with E-state index in [0.717, 1.165) is 17.3 Å². The van der Waals surface area contributed by atoms with Gasteiger partial charge < -0.3 is 5.32 Å². The van der Waals surface area contributed by atoms with Crippen molar-refractivity contribution in [2.45, 2.75) is 18.9 Å². The van der Waals surface area contributed by atoms with Gasteiger partial charge in [0.15, 0.2) is 0 Å². The van der Waals surface area contributed by atoms with Crippen LogP contribution in [0.4, 0.5) is 4.39 Å². The lowest BCUT2D eigenvalue weighted by molar-refractivity contribution is 0.510. The van der Waals surface area contributed by atoms with Gasteiger partial charge in [-0.05, 0) is 32.0 Å². The fraction of sp³-hybridized carbons (Fsp3) is 0.333. The molecule has 0 fully saturated rings. The van der Waals surface area contributed by atoms with Gasteiger partial charge in [0.05, 0.1) is 0 Å². The Labute approximate surface area is 98.5 Å². The van der Waals surface area contributed by atoms with E-state index in [9.17, 15) is 4.39 Å². The second-order valence-corrected chi connectivity index (χ2v) is 4.20. The minimum absolute atomic E-state index is 0.0265. The second kappa shape index (κ2) is 6.03. The summed E-state index contributed by atoms with van der Waals surface area (Å²) in [5.74, 6) is -0.173. The Bertz CT molecular complexity index is 318. The molecule has 0 heterocycles. The molecule has 0 aliphatic rings. The average molecular weight is 272 g/mol. The molecule has 1 N–H and O–H groups in total. The van der Waals surface area contributed by atoms with Crippen LogP contribution in [0, 0.1) is 5.82 Å². The number of nitrogens with one attached hydrogen (secondary N) is 1. The van der Waals surface area contributed by atoms with Gasteiger partial charge in [0.2, 0.25) is 0 Å². The largest absolute Gasteiger partial charge is 0.313 e. The Kier molecular flexibility index (Phi) is 4.99. The minimum atomic E-state index is -0.173. The molecule has 1 rings (SSSR count). The Hall–Kier alpha value is -0.670. The summed E-state index contributed by atoms with van der Waals surface area (Å²) in [4.78, 5) is 0. The summed E-state index contributed by atoms with van der Waals surface area (Å²) in [5.41, 5.74) is 0.696. The molecule has 0 amide bonds. The molecule has 0 bridgehead atoms. The van der Waals surface area contributed by atoms with Crippen LogP contribution in [0.1, 0.15) is 24.4 Å². The van der Waals surface area contributed by atoms with Crippen LogP contribution in [0.15, 0.2) is 35.3 Å². The van der Waals surface area contributed by atoms with Gasteiger partial charge >= 0.3 is 0 Å². The van der Waals surface area contributed by atoms with Crippen molar-refractivity contribution in [2.24, 2.45) is 0 Å². The van der Waals surface area contributed by atoms with Crippen LogP contribution in [0.25, 0.3) is 0 Å². The highest BCUT2D eigenvalue weighted by Crippen LogP contribution is 2.28. The van der Waals surface area contributed by atoms with E-state index in [0.29, 0.717) is 5.56 Å². The lowest BCUT2D eigenvalue weighted by atomic mass is 10.0. The van der Waals surface area contributed by atoms with E-state index < -0.39 is 0 Å². The molecule has 1 aromatic carbocycles. The number of rotatable bonds is 5. The van der Waals surface area contributed by atoms with Gasteiger partial charge in [-0.1, -0.05) is 28.1 Å². The maximum Gasteiger partial charge on any atom is 0.129 e. The zero-order chi connectivity index (χ0) is 11.3. The molecule has 82 valence electrons. The average Bonchev–Trinajstić information content (AvgIpc) is 2.22. The van der Waals surface area contributed by atoms with Crippen LogP contribution in [0.5, 0.6) is 0 Å². The van der Waals surface area contributed by atoms with Crippen molar-refractivity contribution in [2.75, 3.05) is 7.05 Å². The summed E-state index contributed by atoms with van der Waals surface area (Å²) in [6, 6.07) is 5.07. The first-order valence-corrected chi connectivity index (χ1v) is 5.72. The van der Waals surface area contributed by atoms with Crippen LogP contribution in [-0.4, -0.2) is 7.05 Å². The number of benzene rings is 1. The number of halogens is 2. The SMILES string of the molecule is C=CCCC(NC)c1c(F)cccc1Br. The van der Waals surface area contributed by atoms with Gasteiger partial charge in [-0.25, -0.2) is 4.39 Å². The molecule has 0 spiro atoms. The standard InChI is InChI=1S/C12H15BrFN/c1-3-4-8-11(15-2)12-9(13)6-5-7-10(12)14/h3,5-7,11,15H,1,4,8H2,2H3. The van der Waals surface area contributed by atoms with E-state index in [1.54, 1.807) is 6.07 Å². The van der Waals surface area contributed by atoms with Crippen LogP contribution in [0.3, 0.4) is 0 Å². The molecule has 1 unspecified atom stereocenters. The predicted molar refractivity (Wildman–Crippen MR) is 65.3 cm³/mol. The Morgan fingerprint density at radius 2 is 2.33 bits per heavy atom. The molecule has 0 aromatic heterocycles. The van der Waals surface area contributed by atoms with E-state index in [-0.39, 0.29) is 11.9 Å². The van der Waals surface area contributed by atoms with E-state index in [4.69, 9.17) is 0 Å². The summed E-state index contributed by atoms with van der Waals surface area (Å²) >= 11 is 3.37. The maximum atomic E-state index is 13.6. The van der Waals surface area contributed by atoms with E-state index >= 15 is 0 Å². The molecule has 1 aromatic rings. The van der Waals surface area contributed by atoms with E-state index in [1.165, 1.54) is 6.07 Å². The quantitative estimate of drug-likeness (QED) is 0.803. The third-order valence-electron chi connectivity index (χ3n) is 2.36. The molecule has 0 saturated heterocycles. The summed E-state index contributed by atoms with van der Waals surface area (Å²) < 4.78 is 14.4. The van der Waals surface area contributed by atoms with Crippen molar-refractivity contribution in [3.8, 4) is 0 Å². The first kappa shape index (κ1) is 12.4. The molecule has 15 heavy (non-hydrogen) atoms. The highest BCUT2D eigenvalue weighted by Gasteiger charge is 2.15. The summed E-state index contributed by atoms with van der Waals surface area (Å²) in [6.45, 7) is 3.67. The topological polar surface area (TPSA) is 12.0 Å². The van der Waals surface area contributed by atoms with Crippen molar-refractivity contribution >= 4 is 15.9 Å². The van der Waals surface area contributed by atoms with E-state index in [1.807, 2.05) is 19.2 Å². The minimum Gasteiger partial charge on any atom is -0.313 e. The zero-order valence-corrected chi connectivity index (χ0v) is 10.3. The fourth-order valence-corrected chi connectivity index (χ4v) is 2.18. The number of allylic oxidation sites excluding steroid dienone is 1. The summed E-state index contributed by atoms with van der Waals surface area (Å²) in [7, 11) is 1.84.